The lowest BCUT2D eigenvalue weighted by Crippen LogP contribution is -2.50. The van der Waals surface area contributed by atoms with E-state index in [1.165, 1.54) is 31.2 Å². The first kappa shape index (κ1) is 14.7. The van der Waals surface area contributed by atoms with Gasteiger partial charge in [-0.3, -0.25) is 9.59 Å². The summed E-state index contributed by atoms with van der Waals surface area (Å²) in [6, 6.07) is 4.90. The Labute approximate surface area is 117 Å². The first-order chi connectivity index (χ1) is 9.40. The largest absolute Gasteiger partial charge is 0.355 e. The minimum absolute atomic E-state index is 0.0425. The molecule has 1 saturated heterocycles. The topological polar surface area (TPSA) is 92.3 Å². The second-order valence-corrected chi connectivity index (χ2v) is 6.40. The van der Waals surface area contributed by atoms with Gasteiger partial charge in [-0.2, -0.15) is 4.72 Å². The molecule has 0 radical (unpaired) electrons. The van der Waals surface area contributed by atoms with E-state index in [0.29, 0.717) is 18.5 Å². The number of ketones is 1. The summed E-state index contributed by atoms with van der Waals surface area (Å²) in [6.07, 6.45) is 1.22. The van der Waals surface area contributed by atoms with Crippen LogP contribution in [0.15, 0.2) is 29.2 Å². The van der Waals surface area contributed by atoms with Crippen molar-refractivity contribution < 1.29 is 18.0 Å². The van der Waals surface area contributed by atoms with Gasteiger partial charge in [-0.05, 0) is 31.9 Å². The smallest absolute Gasteiger partial charge is 0.241 e. The Kier molecular flexibility index (Phi) is 4.20. The van der Waals surface area contributed by atoms with Crippen LogP contribution in [0, 0.1) is 0 Å². The molecule has 7 heteroatoms. The predicted octanol–water partition coefficient (Wildman–Crippen LogP) is 0.446. The molecule has 1 aromatic carbocycles. The molecular weight excluding hydrogens is 280 g/mol. The third kappa shape index (κ3) is 3.23. The molecule has 6 nitrogen and oxygen atoms in total. The molecule has 108 valence electrons. The van der Waals surface area contributed by atoms with E-state index in [1.54, 1.807) is 0 Å². The lowest BCUT2D eigenvalue weighted by Gasteiger charge is -2.22. The van der Waals surface area contributed by atoms with Crippen molar-refractivity contribution >= 4 is 21.7 Å². The monoisotopic (exact) mass is 296 g/mol. The highest BCUT2D eigenvalue weighted by molar-refractivity contribution is 7.89. The maximum absolute atomic E-state index is 12.2. The summed E-state index contributed by atoms with van der Waals surface area (Å²) >= 11 is 0. The van der Waals surface area contributed by atoms with E-state index in [0.717, 1.165) is 6.42 Å². The molecule has 2 N–H and O–H groups in total. The summed E-state index contributed by atoms with van der Waals surface area (Å²) in [4.78, 5) is 22.8. The number of carbonyl (C=O) groups is 2. The number of hydrogen-bond acceptors (Lipinski definition) is 4. The molecule has 20 heavy (non-hydrogen) atoms. The minimum atomic E-state index is -3.76. The van der Waals surface area contributed by atoms with Crippen molar-refractivity contribution in [3.63, 3.8) is 0 Å². The lowest BCUT2D eigenvalue weighted by atomic mass is 10.1. The van der Waals surface area contributed by atoms with E-state index >= 15 is 0 Å². The van der Waals surface area contributed by atoms with Crippen LogP contribution in [0.4, 0.5) is 0 Å². The average Bonchev–Trinajstić information content (AvgIpc) is 2.41. The number of benzene rings is 1. The number of hydrogen-bond donors (Lipinski definition) is 2. The molecule has 0 aromatic heterocycles. The Morgan fingerprint density at radius 2 is 1.95 bits per heavy atom. The number of amides is 1. The van der Waals surface area contributed by atoms with Gasteiger partial charge in [-0.15, -0.1) is 0 Å². The van der Waals surface area contributed by atoms with Crippen molar-refractivity contribution in [3.8, 4) is 0 Å². The maximum Gasteiger partial charge on any atom is 0.241 e. The van der Waals surface area contributed by atoms with Crippen molar-refractivity contribution in [1.82, 2.24) is 10.0 Å². The van der Waals surface area contributed by atoms with Crippen molar-refractivity contribution in [2.24, 2.45) is 0 Å². The van der Waals surface area contributed by atoms with Crippen LogP contribution in [-0.2, 0) is 14.8 Å². The van der Waals surface area contributed by atoms with Gasteiger partial charge in [0.15, 0.2) is 5.78 Å². The number of carbonyl (C=O) groups excluding carboxylic acids is 2. The molecule has 1 heterocycles. The van der Waals surface area contributed by atoms with Gasteiger partial charge in [-0.1, -0.05) is 12.1 Å². The summed E-state index contributed by atoms with van der Waals surface area (Å²) < 4.78 is 26.7. The first-order valence-corrected chi connectivity index (χ1v) is 7.79. The van der Waals surface area contributed by atoms with Crippen LogP contribution < -0.4 is 10.0 Å². The Morgan fingerprint density at radius 1 is 1.30 bits per heavy atom. The number of Topliss-reactive ketones (excluding diaryl/α,β-unsaturated/α-hetero) is 1. The highest BCUT2D eigenvalue weighted by atomic mass is 32.2. The number of sulfonamides is 1. The molecule has 0 aliphatic carbocycles. The van der Waals surface area contributed by atoms with Crippen LogP contribution >= 0.6 is 0 Å². The van der Waals surface area contributed by atoms with E-state index in [2.05, 4.69) is 10.0 Å². The molecule has 1 amide bonds. The Morgan fingerprint density at radius 3 is 2.50 bits per heavy atom. The van der Waals surface area contributed by atoms with E-state index in [9.17, 15) is 18.0 Å². The Balaban J connectivity index is 2.17. The molecule has 2 rings (SSSR count). The normalized spacial score (nSPS) is 19.4. The van der Waals surface area contributed by atoms with Crippen LogP contribution in [0.1, 0.15) is 30.1 Å². The summed E-state index contributed by atoms with van der Waals surface area (Å²) in [5, 5.41) is 2.62. The molecule has 1 unspecified atom stereocenters. The summed E-state index contributed by atoms with van der Waals surface area (Å²) in [5.41, 5.74) is 0.444. The first-order valence-electron chi connectivity index (χ1n) is 6.31. The van der Waals surface area contributed by atoms with Crippen LogP contribution in [0.5, 0.6) is 0 Å². The highest BCUT2D eigenvalue weighted by Gasteiger charge is 2.27. The van der Waals surface area contributed by atoms with E-state index in [4.69, 9.17) is 0 Å². The molecule has 1 aromatic rings. The van der Waals surface area contributed by atoms with Crippen molar-refractivity contribution in [2.75, 3.05) is 6.54 Å². The van der Waals surface area contributed by atoms with Crippen LogP contribution in [0.3, 0.4) is 0 Å². The van der Waals surface area contributed by atoms with Crippen LogP contribution in [-0.4, -0.2) is 32.7 Å². The van der Waals surface area contributed by atoms with Gasteiger partial charge >= 0.3 is 0 Å². The molecule has 0 bridgehead atoms. The molecule has 1 fully saturated rings. The zero-order valence-corrected chi connectivity index (χ0v) is 11.9. The average molecular weight is 296 g/mol. The fraction of sp³-hybridized carbons (Fsp3) is 0.385. The zero-order chi connectivity index (χ0) is 14.8. The fourth-order valence-electron chi connectivity index (χ4n) is 2.01. The minimum Gasteiger partial charge on any atom is -0.355 e. The third-order valence-corrected chi connectivity index (χ3v) is 4.64. The highest BCUT2D eigenvalue weighted by Crippen LogP contribution is 2.13. The molecule has 0 saturated carbocycles. The maximum atomic E-state index is 12.2. The van der Waals surface area contributed by atoms with Crippen LogP contribution in [0.25, 0.3) is 0 Å². The number of rotatable bonds is 4. The lowest BCUT2D eigenvalue weighted by molar-refractivity contribution is -0.124. The molecule has 1 aliphatic rings. The molecule has 0 spiro atoms. The fourth-order valence-corrected chi connectivity index (χ4v) is 3.24. The SMILES string of the molecule is CC(=O)c1ccc(S(=O)(=O)NC2CCCNC2=O)cc1. The van der Waals surface area contributed by atoms with Crippen molar-refractivity contribution in [2.45, 2.75) is 30.7 Å². The molecular formula is C13H16N2O4S. The number of nitrogens with one attached hydrogen (secondary N) is 2. The van der Waals surface area contributed by atoms with Crippen molar-refractivity contribution in [3.05, 3.63) is 29.8 Å². The van der Waals surface area contributed by atoms with Gasteiger partial charge in [0.2, 0.25) is 15.9 Å². The van der Waals surface area contributed by atoms with Gasteiger partial charge < -0.3 is 5.32 Å². The van der Waals surface area contributed by atoms with Crippen molar-refractivity contribution in [1.29, 1.82) is 0 Å². The van der Waals surface area contributed by atoms with E-state index < -0.39 is 16.1 Å². The summed E-state index contributed by atoms with van der Waals surface area (Å²) in [5.74, 6) is -0.436. The van der Waals surface area contributed by atoms with Gasteiger partial charge in [0, 0.05) is 12.1 Å². The van der Waals surface area contributed by atoms with Gasteiger partial charge in [0.1, 0.15) is 6.04 Å². The number of piperidine rings is 1. The Hall–Kier alpha value is -1.73. The quantitative estimate of drug-likeness (QED) is 0.789. The second-order valence-electron chi connectivity index (χ2n) is 4.69. The Bertz CT molecular complexity index is 622. The molecule has 1 aliphatic heterocycles. The summed E-state index contributed by atoms with van der Waals surface area (Å²) in [6.45, 7) is 1.98. The third-order valence-electron chi connectivity index (χ3n) is 3.15. The van der Waals surface area contributed by atoms with Gasteiger partial charge in [0.25, 0.3) is 0 Å². The van der Waals surface area contributed by atoms with Gasteiger partial charge in [0.05, 0.1) is 4.90 Å². The van der Waals surface area contributed by atoms with E-state index in [1.807, 2.05) is 0 Å². The zero-order valence-electron chi connectivity index (χ0n) is 11.0. The molecule has 1 atom stereocenters. The second kappa shape index (κ2) is 5.72. The predicted molar refractivity (Wildman–Crippen MR) is 72.8 cm³/mol. The van der Waals surface area contributed by atoms with Gasteiger partial charge in [-0.25, -0.2) is 8.42 Å². The van der Waals surface area contributed by atoms with Crippen LogP contribution in [0.2, 0.25) is 0 Å². The summed E-state index contributed by atoms with van der Waals surface area (Å²) in [7, 11) is -3.76. The van der Waals surface area contributed by atoms with E-state index in [-0.39, 0.29) is 16.6 Å². The standard InChI is InChI=1S/C13H16N2O4S/c1-9(16)10-4-6-11(7-5-10)20(18,19)15-12-3-2-8-14-13(12)17/h4-7,12,15H,2-3,8H2,1H3,(H,14,17).